The van der Waals surface area contributed by atoms with Crippen LogP contribution in [0, 0.1) is 0 Å². The van der Waals surface area contributed by atoms with Crippen LogP contribution in [0.4, 0.5) is 5.82 Å². The van der Waals surface area contributed by atoms with Crippen molar-refractivity contribution in [2.45, 2.75) is 12.8 Å². The second-order valence-electron chi connectivity index (χ2n) is 4.57. The Balaban J connectivity index is 1.66. The predicted molar refractivity (Wildman–Crippen MR) is 88.6 cm³/mol. The van der Waals surface area contributed by atoms with Crippen LogP contribution in [0.25, 0.3) is 0 Å². The quantitative estimate of drug-likeness (QED) is 0.599. The molecular formula is C15H16Cl2N4O. The smallest absolute Gasteiger partial charge is 0.271 e. The van der Waals surface area contributed by atoms with E-state index in [2.05, 4.69) is 20.6 Å². The first-order valence-corrected chi connectivity index (χ1v) is 7.67. The molecule has 0 aliphatic heterocycles. The van der Waals surface area contributed by atoms with Crippen molar-refractivity contribution in [3.05, 3.63) is 52.4 Å². The Bertz CT molecular complexity index is 622. The fourth-order valence-electron chi connectivity index (χ4n) is 1.80. The summed E-state index contributed by atoms with van der Waals surface area (Å²) in [5, 5.41) is 6.52. The Labute approximate surface area is 139 Å². The maximum Gasteiger partial charge on any atom is 0.271 e. The summed E-state index contributed by atoms with van der Waals surface area (Å²) in [6, 6.07) is 8.81. The summed E-state index contributed by atoms with van der Waals surface area (Å²) in [6.45, 7) is 1.34. The molecule has 2 rings (SSSR count). The van der Waals surface area contributed by atoms with Gasteiger partial charge in [0.1, 0.15) is 16.7 Å². The van der Waals surface area contributed by atoms with Crippen LogP contribution in [0.3, 0.4) is 0 Å². The normalized spacial score (nSPS) is 10.3. The van der Waals surface area contributed by atoms with E-state index in [9.17, 15) is 4.79 Å². The molecule has 0 aliphatic rings. The predicted octanol–water partition coefficient (Wildman–Crippen LogP) is 3.41. The highest BCUT2D eigenvalue weighted by Gasteiger charge is 2.11. The van der Waals surface area contributed by atoms with Gasteiger partial charge in [-0.15, -0.1) is 0 Å². The average Bonchev–Trinajstić information content (AvgIpc) is 2.54. The number of hydrogen-bond acceptors (Lipinski definition) is 4. The molecule has 0 bridgehead atoms. The Hall–Kier alpha value is -1.85. The first-order chi connectivity index (χ1) is 10.7. The average molecular weight is 339 g/mol. The lowest BCUT2D eigenvalue weighted by molar-refractivity contribution is 0.0948. The second kappa shape index (κ2) is 8.56. The molecule has 7 heteroatoms. The van der Waals surface area contributed by atoms with Gasteiger partial charge < -0.3 is 10.6 Å². The highest BCUT2D eigenvalue weighted by atomic mass is 35.5. The fourth-order valence-corrected chi connectivity index (χ4v) is 2.14. The van der Waals surface area contributed by atoms with Crippen LogP contribution in [-0.2, 0) is 0 Å². The molecule has 0 saturated carbocycles. The van der Waals surface area contributed by atoms with Gasteiger partial charge in [0, 0.05) is 19.3 Å². The summed E-state index contributed by atoms with van der Waals surface area (Å²) in [5.74, 6) is 0.534. The van der Waals surface area contributed by atoms with Gasteiger partial charge in [0.2, 0.25) is 0 Å². The van der Waals surface area contributed by atoms with Crippen molar-refractivity contribution in [2.75, 3.05) is 18.4 Å². The molecule has 0 saturated heterocycles. The number of hydrogen-bond donors (Lipinski definition) is 2. The van der Waals surface area contributed by atoms with Gasteiger partial charge in [-0.2, -0.15) is 0 Å². The van der Waals surface area contributed by atoms with Crippen molar-refractivity contribution in [2.24, 2.45) is 0 Å². The van der Waals surface area contributed by atoms with Gasteiger partial charge in [-0.05, 0) is 37.1 Å². The monoisotopic (exact) mass is 338 g/mol. The van der Waals surface area contributed by atoms with Crippen molar-refractivity contribution in [3.8, 4) is 0 Å². The van der Waals surface area contributed by atoms with Gasteiger partial charge in [0.05, 0.1) is 5.02 Å². The number of amides is 1. The molecular weight excluding hydrogens is 323 g/mol. The summed E-state index contributed by atoms with van der Waals surface area (Å²) >= 11 is 11.7. The van der Waals surface area contributed by atoms with Gasteiger partial charge in [0.15, 0.2) is 0 Å². The van der Waals surface area contributed by atoms with Gasteiger partial charge in [-0.25, -0.2) is 9.97 Å². The Kier molecular flexibility index (Phi) is 6.43. The van der Waals surface area contributed by atoms with Crippen LogP contribution in [0.15, 0.2) is 36.5 Å². The minimum Gasteiger partial charge on any atom is -0.370 e. The van der Waals surface area contributed by atoms with E-state index >= 15 is 0 Å². The van der Waals surface area contributed by atoms with Crippen LogP contribution in [0.5, 0.6) is 0 Å². The van der Waals surface area contributed by atoms with E-state index in [1.807, 2.05) is 18.2 Å². The van der Waals surface area contributed by atoms with Gasteiger partial charge >= 0.3 is 0 Å². The third-order valence-electron chi connectivity index (χ3n) is 2.89. The molecule has 2 aromatic rings. The SMILES string of the molecule is O=C(NCCCCNc1ccccn1)c1nc(Cl)ccc1Cl. The van der Waals surface area contributed by atoms with E-state index in [4.69, 9.17) is 23.2 Å². The third-order valence-corrected chi connectivity index (χ3v) is 3.40. The molecule has 0 unspecified atom stereocenters. The summed E-state index contributed by atoms with van der Waals surface area (Å²) in [5.41, 5.74) is 0.153. The molecule has 0 aliphatic carbocycles. The third kappa shape index (κ3) is 5.16. The first-order valence-electron chi connectivity index (χ1n) is 6.92. The van der Waals surface area contributed by atoms with E-state index in [-0.39, 0.29) is 16.8 Å². The number of unbranched alkanes of at least 4 members (excludes halogenated alkanes) is 1. The number of anilines is 1. The fraction of sp³-hybridized carbons (Fsp3) is 0.267. The van der Waals surface area contributed by atoms with Crippen LogP contribution < -0.4 is 10.6 Å². The van der Waals surface area contributed by atoms with Gasteiger partial charge in [-0.3, -0.25) is 4.79 Å². The van der Waals surface area contributed by atoms with E-state index in [1.165, 1.54) is 0 Å². The lowest BCUT2D eigenvalue weighted by atomic mass is 10.3. The molecule has 5 nitrogen and oxygen atoms in total. The zero-order chi connectivity index (χ0) is 15.8. The molecule has 2 aromatic heterocycles. The van der Waals surface area contributed by atoms with Crippen molar-refractivity contribution in [3.63, 3.8) is 0 Å². The molecule has 2 heterocycles. The largest absolute Gasteiger partial charge is 0.370 e. The number of carbonyl (C=O) groups excluding carboxylic acids is 1. The summed E-state index contributed by atoms with van der Waals surface area (Å²) in [4.78, 5) is 20.0. The van der Waals surface area contributed by atoms with Gasteiger partial charge in [-0.1, -0.05) is 29.3 Å². The van der Waals surface area contributed by atoms with Crippen LogP contribution in [0.1, 0.15) is 23.3 Å². The number of nitrogens with zero attached hydrogens (tertiary/aromatic N) is 2. The van der Waals surface area contributed by atoms with Crippen molar-refractivity contribution in [1.29, 1.82) is 0 Å². The molecule has 0 atom stereocenters. The number of carbonyl (C=O) groups is 1. The van der Waals surface area contributed by atoms with E-state index in [0.717, 1.165) is 25.2 Å². The maximum atomic E-state index is 11.9. The van der Waals surface area contributed by atoms with Crippen LogP contribution in [-0.4, -0.2) is 29.0 Å². The Morgan fingerprint density at radius 3 is 2.68 bits per heavy atom. The standard InChI is InChI=1S/C15H16Cl2N4O/c16-11-6-7-12(17)21-14(11)15(22)20-10-4-3-9-19-13-5-1-2-8-18-13/h1-2,5-8H,3-4,9-10H2,(H,18,19)(H,20,22). The molecule has 0 spiro atoms. The highest BCUT2D eigenvalue weighted by molar-refractivity contribution is 6.34. The van der Waals surface area contributed by atoms with Gasteiger partial charge in [0.25, 0.3) is 5.91 Å². The summed E-state index contributed by atoms with van der Waals surface area (Å²) in [6.07, 6.45) is 3.49. The number of halogens is 2. The van der Waals surface area contributed by atoms with Crippen molar-refractivity contribution < 1.29 is 4.79 Å². The summed E-state index contributed by atoms with van der Waals surface area (Å²) in [7, 11) is 0. The number of rotatable bonds is 7. The highest BCUT2D eigenvalue weighted by Crippen LogP contribution is 2.16. The molecule has 0 radical (unpaired) electrons. The molecule has 0 aromatic carbocycles. The maximum absolute atomic E-state index is 11.9. The number of aromatic nitrogens is 2. The van der Waals surface area contributed by atoms with Crippen LogP contribution >= 0.6 is 23.2 Å². The number of nitrogens with one attached hydrogen (secondary N) is 2. The lowest BCUT2D eigenvalue weighted by Gasteiger charge is -2.07. The molecule has 22 heavy (non-hydrogen) atoms. The topological polar surface area (TPSA) is 66.9 Å². The molecule has 1 amide bonds. The lowest BCUT2D eigenvalue weighted by Crippen LogP contribution is -2.26. The molecule has 0 fully saturated rings. The first kappa shape index (κ1) is 16.5. The number of pyridine rings is 2. The summed E-state index contributed by atoms with van der Waals surface area (Å²) < 4.78 is 0. The zero-order valence-electron chi connectivity index (χ0n) is 11.9. The van der Waals surface area contributed by atoms with E-state index in [1.54, 1.807) is 18.3 Å². The second-order valence-corrected chi connectivity index (χ2v) is 5.36. The van der Waals surface area contributed by atoms with E-state index < -0.39 is 0 Å². The van der Waals surface area contributed by atoms with E-state index in [0.29, 0.717) is 11.6 Å². The Morgan fingerprint density at radius 1 is 1.09 bits per heavy atom. The van der Waals surface area contributed by atoms with Crippen molar-refractivity contribution >= 4 is 34.9 Å². The molecule has 2 N–H and O–H groups in total. The molecule has 116 valence electrons. The minimum absolute atomic E-state index is 0.153. The van der Waals surface area contributed by atoms with Crippen molar-refractivity contribution in [1.82, 2.24) is 15.3 Å². The minimum atomic E-state index is -0.315. The zero-order valence-corrected chi connectivity index (χ0v) is 13.4. The van der Waals surface area contributed by atoms with Crippen LogP contribution in [0.2, 0.25) is 10.2 Å². The Morgan fingerprint density at radius 2 is 1.91 bits per heavy atom.